The lowest BCUT2D eigenvalue weighted by Crippen LogP contribution is -2.38. The fourth-order valence-electron chi connectivity index (χ4n) is 3.04. The number of anilines is 1. The van der Waals surface area contributed by atoms with E-state index in [-0.39, 0.29) is 22.8 Å². The number of alkyl halides is 3. The standard InChI is InChI=1S/C17H15ClF3N5O2/c1-8-4-5-10(28-17(19,20)21)6-11(8)15-22-23-16-12-13(14(18)24-26(15)16)27-7-9(2)25(12)3/h4-6,9H,7H2,1-3H3. The van der Waals surface area contributed by atoms with Gasteiger partial charge in [0.15, 0.2) is 16.7 Å². The summed E-state index contributed by atoms with van der Waals surface area (Å²) in [4.78, 5) is 1.95. The minimum absolute atomic E-state index is 0.0696. The summed E-state index contributed by atoms with van der Waals surface area (Å²) in [6.07, 6.45) is -4.80. The van der Waals surface area contributed by atoms with E-state index in [0.717, 1.165) is 0 Å². The van der Waals surface area contributed by atoms with Gasteiger partial charge in [-0.05, 0) is 31.5 Å². The average molecular weight is 414 g/mol. The number of fused-ring (bicyclic) bond motifs is 3. The summed E-state index contributed by atoms with van der Waals surface area (Å²) in [6, 6.07) is 4.06. The average Bonchev–Trinajstić information content (AvgIpc) is 3.01. The molecule has 4 rings (SSSR count). The van der Waals surface area contributed by atoms with Gasteiger partial charge in [0.05, 0.1) is 6.04 Å². The maximum atomic E-state index is 12.6. The highest BCUT2D eigenvalue weighted by Gasteiger charge is 2.32. The molecule has 1 aliphatic heterocycles. The van der Waals surface area contributed by atoms with Crippen LogP contribution in [0.5, 0.6) is 11.5 Å². The Morgan fingerprint density at radius 1 is 1.29 bits per heavy atom. The number of nitrogens with zero attached hydrogens (tertiary/aromatic N) is 5. The molecule has 0 aliphatic carbocycles. The lowest BCUT2D eigenvalue weighted by Gasteiger charge is -2.33. The third kappa shape index (κ3) is 3.07. The Balaban J connectivity index is 1.90. The number of likely N-dealkylation sites (N-methyl/N-ethyl adjacent to an activating group) is 1. The molecule has 11 heteroatoms. The first-order chi connectivity index (χ1) is 13.2. The molecule has 2 aromatic heterocycles. The van der Waals surface area contributed by atoms with Gasteiger partial charge in [0.2, 0.25) is 5.65 Å². The number of aromatic nitrogens is 4. The Hall–Kier alpha value is -2.75. The molecule has 7 nitrogen and oxygen atoms in total. The van der Waals surface area contributed by atoms with Crippen molar-refractivity contribution in [3.05, 3.63) is 28.9 Å². The molecule has 0 saturated carbocycles. The van der Waals surface area contributed by atoms with E-state index in [0.29, 0.717) is 34.8 Å². The first-order valence-electron chi connectivity index (χ1n) is 8.33. The summed E-state index contributed by atoms with van der Waals surface area (Å²) in [7, 11) is 1.87. The summed E-state index contributed by atoms with van der Waals surface area (Å²) in [6.45, 7) is 4.16. The number of halogens is 4. The van der Waals surface area contributed by atoms with E-state index in [4.69, 9.17) is 16.3 Å². The lowest BCUT2D eigenvalue weighted by molar-refractivity contribution is -0.274. The Kier molecular flexibility index (Phi) is 4.25. The maximum absolute atomic E-state index is 12.6. The van der Waals surface area contributed by atoms with Crippen LogP contribution in [0.3, 0.4) is 0 Å². The summed E-state index contributed by atoms with van der Waals surface area (Å²) in [5.74, 6) is 0.291. The lowest BCUT2D eigenvalue weighted by atomic mass is 10.1. The molecule has 0 bridgehead atoms. The first kappa shape index (κ1) is 18.6. The van der Waals surface area contributed by atoms with Crippen molar-refractivity contribution in [1.82, 2.24) is 19.8 Å². The number of rotatable bonds is 2. The summed E-state index contributed by atoms with van der Waals surface area (Å²) in [5, 5.41) is 12.7. The molecule has 1 unspecified atom stereocenters. The number of aryl methyl sites for hydroxylation is 1. The van der Waals surface area contributed by atoms with Gasteiger partial charge in [0, 0.05) is 12.6 Å². The van der Waals surface area contributed by atoms with E-state index >= 15 is 0 Å². The fourth-order valence-corrected chi connectivity index (χ4v) is 3.26. The quantitative estimate of drug-likeness (QED) is 0.635. The molecule has 0 N–H and O–H groups in total. The molecule has 148 valence electrons. The molecule has 0 spiro atoms. The third-order valence-corrected chi connectivity index (χ3v) is 4.86. The van der Waals surface area contributed by atoms with E-state index in [1.807, 2.05) is 18.9 Å². The van der Waals surface area contributed by atoms with Crippen LogP contribution in [0.2, 0.25) is 5.15 Å². The molecule has 0 amide bonds. The van der Waals surface area contributed by atoms with Gasteiger partial charge in [-0.15, -0.1) is 28.5 Å². The summed E-state index contributed by atoms with van der Waals surface area (Å²) >= 11 is 6.30. The smallest absolute Gasteiger partial charge is 0.486 e. The molecule has 0 fully saturated rings. The van der Waals surface area contributed by atoms with Crippen LogP contribution in [0.1, 0.15) is 12.5 Å². The Morgan fingerprint density at radius 2 is 2.04 bits per heavy atom. The molecule has 1 atom stereocenters. The maximum Gasteiger partial charge on any atom is 0.573 e. The van der Waals surface area contributed by atoms with Crippen molar-refractivity contribution in [3.8, 4) is 22.9 Å². The second-order valence-electron chi connectivity index (χ2n) is 6.52. The number of hydrogen-bond acceptors (Lipinski definition) is 6. The predicted molar refractivity (Wildman–Crippen MR) is 96.0 cm³/mol. The summed E-state index contributed by atoms with van der Waals surface area (Å²) in [5.41, 5.74) is 2.09. The SMILES string of the molecule is Cc1ccc(OC(F)(F)F)cc1-c1nnc2c3c(c(Cl)nn12)OCC(C)N3C. The van der Waals surface area contributed by atoms with Gasteiger partial charge in [-0.1, -0.05) is 17.7 Å². The third-order valence-electron chi connectivity index (χ3n) is 4.61. The van der Waals surface area contributed by atoms with Gasteiger partial charge in [-0.25, -0.2) is 0 Å². The zero-order chi connectivity index (χ0) is 20.2. The van der Waals surface area contributed by atoms with Crippen LogP contribution in [0.25, 0.3) is 17.0 Å². The van der Waals surface area contributed by atoms with Crippen molar-refractivity contribution < 1.29 is 22.6 Å². The van der Waals surface area contributed by atoms with Crippen LogP contribution in [-0.4, -0.2) is 45.9 Å². The van der Waals surface area contributed by atoms with Gasteiger partial charge >= 0.3 is 6.36 Å². The van der Waals surface area contributed by atoms with Crippen LogP contribution in [-0.2, 0) is 0 Å². The van der Waals surface area contributed by atoms with Gasteiger partial charge in [-0.3, -0.25) is 0 Å². The number of ether oxygens (including phenoxy) is 2. The minimum Gasteiger partial charge on any atom is -0.486 e. The molecule has 0 saturated heterocycles. The van der Waals surface area contributed by atoms with Crippen LogP contribution >= 0.6 is 11.6 Å². The van der Waals surface area contributed by atoms with E-state index in [2.05, 4.69) is 20.0 Å². The molecule has 28 heavy (non-hydrogen) atoms. The highest BCUT2D eigenvalue weighted by molar-refractivity contribution is 6.31. The Bertz CT molecular complexity index is 1070. The van der Waals surface area contributed by atoms with Crippen molar-refractivity contribution in [2.24, 2.45) is 0 Å². The molecular formula is C17H15ClF3N5O2. The Morgan fingerprint density at radius 3 is 2.75 bits per heavy atom. The van der Waals surface area contributed by atoms with Crippen LogP contribution in [0.15, 0.2) is 18.2 Å². The monoisotopic (exact) mass is 413 g/mol. The minimum atomic E-state index is -4.80. The number of hydrogen-bond donors (Lipinski definition) is 0. The molecule has 3 heterocycles. The van der Waals surface area contributed by atoms with Crippen LogP contribution in [0.4, 0.5) is 18.9 Å². The van der Waals surface area contributed by atoms with Crippen molar-refractivity contribution >= 4 is 22.9 Å². The van der Waals surface area contributed by atoms with Gasteiger partial charge in [-0.2, -0.15) is 4.52 Å². The highest BCUT2D eigenvalue weighted by atomic mass is 35.5. The second kappa shape index (κ2) is 6.40. The molecule has 1 aliphatic rings. The normalized spacial score (nSPS) is 16.8. The van der Waals surface area contributed by atoms with Gasteiger partial charge in [0.25, 0.3) is 0 Å². The zero-order valence-electron chi connectivity index (χ0n) is 15.1. The molecular weight excluding hydrogens is 399 g/mol. The van der Waals surface area contributed by atoms with Crippen LogP contribution < -0.4 is 14.4 Å². The van der Waals surface area contributed by atoms with Crippen LogP contribution in [0, 0.1) is 6.92 Å². The van der Waals surface area contributed by atoms with Crippen molar-refractivity contribution in [2.45, 2.75) is 26.3 Å². The van der Waals surface area contributed by atoms with Crippen molar-refractivity contribution in [1.29, 1.82) is 0 Å². The summed E-state index contributed by atoms with van der Waals surface area (Å²) < 4.78 is 48.9. The first-order valence-corrected chi connectivity index (χ1v) is 8.71. The van der Waals surface area contributed by atoms with Gasteiger partial charge < -0.3 is 14.4 Å². The predicted octanol–water partition coefficient (Wildman–Crippen LogP) is 3.87. The van der Waals surface area contributed by atoms with Gasteiger partial charge in [0.1, 0.15) is 18.0 Å². The second-order valence-corrected chi connectivity index (χ2v) is 6.88. The highest BCUT2D eigenvalue weighted by Crippen LogP contribution is 2.41. The fraction of sp³-hybridized carbons (Fsp3) is 0.353. The zero-order valence-corrected chi connectivity index (χ0v) is 15.8. The number of benzene rings is 1. The molecule has 0 radical (unpaired) electrons. The van der Waals surface area contributed by atoms with E-state index < -0.39 is 6.36 Å². The van der Waals surface area contributed by atoms with Crippen molar-refractivity contribution in [2.75, 3.05) is 18.6 Å². The van der Waals surface area contributed by atoms with E-state index in [1.165, 1.54) is 22.7 Å². The molecule has 1 aromatic carbocycles. The molecule has 3 aromatic rings. The largest absolute Gasteiger partial charge is 0.573 e. The Labute approximate surface area is 162 Å². The van der Waals surface area contributed by atoms with E-state index in [1.54, 1.807) is 6.92 Å². The van der Waals surface area contributed by atoms with E-state index in [9.17, 15) is 13.2 Å². The topological polar surface area (TPSA) is 64.8 Å². The van der Waals surface area contributed by atoms with Crippen molar-refractivity contribution in [3.63, 3.8) is 0 Å².